The number of benzene rings is 1. The molecule has 8 heteroatoms. The lowest BCUT2D eigenvalue weighted by Gasteiger charge is -2.27. The Bertz CT molecular complexity index is 714. The zero-order valence-corrected chi connectivity index (χ0v) is 15.7. The van der Waals surface area contributed by atoms with Crippen LogP contribution in [-0.4, -0.2) is 35.8 Å². The number of halogens is 1. The summed E-state index contributed by atoms with van der Waals surface area (Å²) in [6.07, 6.45) is 2.12. The molecule has 6 N–H and O–H groups in total. The Labute approximate surface area is 158 Å². The molecular weight excluding hydrogens is 351 g/mol. The van der Waals surface area contributed by atoms with Gasteiger partial charge in [0.25, 0.3) is 0 Å². The van der Waals surface area contributed by atoms with Crippen LogP contribution in [0.25, 0.3) is 0 Å². The molecule has 0 saturated heterocycles. The van der Waals surface area contributed by atoms with Crippen molar-refractivity contribution in [1.82, 2.24) is 10.6 Å². The number of nitrogens with two attached hydrogens (primary N) is 2. The standard InChI is InChI=1S/C19H27FN4O3/c1-18(2,16(22)26)24-15(25)14(4-3-11-21)23-17(27)19(9-10-19)12-5-7-13(20)8-6-12/h5-8,14H,3-4,9-11,21H2,1-2H3,(H2,22,26)(H,23,27)(H,24,25)/t14-/m1/s1. The van der Waals surface area contributed by atoms with E-state index in [1.54, 1.807) is 12.1 Å². The van der Waals surface area contributed by atoms with Gasteiger partial charge in [-0.1, -0.05) is 12.1 Å². The van der Waals surface area contributed by atoms with E-state index >= 15 is 0 Å². The van der Waals surface area contributed by atoms with E-state index in [1.165, 1.54) is 26.0 Å². The van der Waals surface area contributed by atoms with Gasteiger partial charge in [0.15, 0.2) is 0 Å². The maximum Gasteiger partial charge on any atom is 0.243 e. The molecule has 1 aromatic rings. The number of carbonyl (C=O) groups excluding carboxylic acids is 3. The molecule has 1 saturated carbocycles. The highest BCUT2D eigenvalue weighted by Gasteiger charge is 2.52. The van der Waals surface area contributed by atoms with E-state index in [1.807, 2.05) is 0 Å². The summed E-state index contributed by atoms with van der Waals surface area (Å²) in [6, 6.07) is 4.98. The fraction of sp³-hybridized carbons (Fsp3) is 0.526. The summed E-state index contributed by atoms with van der Waals surface area (Å²) < 4.78 is 13.2. The van der Waals surface area contributed by atoms with Gasteiger partial charge in [0.1, 0.15) is 17.4 Å². The molecule has 1 atom stereocenters. The average molecular weight is 378 g/mol. The van der Waals surface area contributed by atoms with Gasteiger partial charge in [-0.3, -0.25) is 14.4 Å². The molecular formula is C19H27FN4O3. The Morgan fingerprint density at radius 2 is 1.81 bits per heavy atom. The van der Waals surface area contributed by atoms with Gasteiger partial charge in [0, 0.05) is 0 Å². The number of hydrogen-bond donors (Lipinski definition) is 4. The maximum atomic E-state index is 13.2. The minimum Gasteiger partial charge on any atom is -0.368 e. The zero-order chi connectivity index (χ0) is 20.2. The third-order valence-electron chi connectivity index (χ3n) is 4.95. The van der Waals surface area contributed by atoms with E-state index in [9.17, 15) is 18.8 Å². The van der Waals surface area contributed by atoms with Crippen LogP contribution >= 0.6 is 0 Å². The van der Waals surface area contributed by atoms with Gasteiger partial charge in [0.2, 0.25) is 17.7 Å². The summed E-state index contributed by atoms with van der Waals surface area (Å²) in [4.78, 5) is 37.0. The van der Waals surface area contributed by atoms with Crippen LogP contribution in [0.4, 0.5) is 4.39 Å². The summed E-state index contributed by atoms with van der Waals surface area (Å²) in [6.45, 7) is 3.36. The third-order valence-corrected chi connectivity index (χ3v) is 4.95. The molecule has 0 radical (unpaired) electrons. The molecule has 1 aliphatic rings. The number of primary amides is 1. The van der Waals surface area contributed by atoms with E-state index < -0.39 is 28.8 Å². The number of carbonyl (C=O) groups is 3. The average Bonchev–Trinajstić information content (AvgIpc) is 3.40. The quantitative estimate of drug-likeness (QED) is 0.498. The summed E-state index contributed by atoms with van der Waals surface area (Å²) in [7, 11) is 0. The Morgan fingerprint density at radius 1 is 1.22 bits per heavy atom. The van der Waals surface area contributed by atoms with Crippen LogP contribution in [0.3, 0.4) is 0 Å². The van der Waals surface area contributed by atoms with E-state index in [2.05, 4.69) is 10.6 Å². The Hall–Kier alpha value is -2.48. The summed E-state index contributed by atoms with van der Waals surface area (Å²) in [5.74, 6) is -1.83. The van der Waals surface area contributed by atoms with Crippen molar-refractivity contribution in [3.63, 3.8) is 0 Å². The Morgan fingerprint density at radius 3 is 2.30 bits per heavy atom. The Balaban J connectivity index is 2.13. The predicted molar refractivity (Wildman–Crippen MR) is 98.9 cm³/mol. The van der Waals surface area contributed by atoms with Crippen LogP contribution < -0.4 is 22.1 Å². The lowest BCUT2D eigenvalue weighted by Crippen LogP contribution is -2.59. The molecule has 0 aliphatic heterocycles. The van der Waals surface area contributed by atoms with Crippen molar-refractivity contribution in [3.8, 4) is 0 Å². The highest BCUT2D eigenvalue weighted by Crippen LogP contribution is 2.48. The molecule has 2 rings (SSSR count). The first-order chi connectivity index (χ1) is 12.6. The van der Waals surface area contributed by atoms with Crippen molar-refractivity contribution in [2.75, 3.05) is 6.54 Å². The second-order valence-electron chi connectivity index (χ2n) is 7.52. The first kappa shape index (κ1) is 20.8. The van der Waals surface area contributed by atoms with Gasteiger partial charge in [-0.2, -0.15) is 0 Å². The second kappa shape index (κ2) is 8.04. The van der Waals surface area contributed by atoms with E-state index in [0.29, 0.717) is 32.2 Å². The van der Waals surface area contributed by atoms with Gasteiger partial charge < -0.3 is 22.1 Å². The molecule has 0 unspecified atom stereocenters. The lowest BCUT2D eigenvalue weighted by molar-refractivity contribution is -0.134. The van der Waals surface area contributed by atoms with Crippen molar-refractivity contribution in [2.24, 2.45) is 11.5 Å². The zero-order valence-electron chi connectivity index (χ0n) is 15.7. The first-order valence-electron chi connectivity index (χ1n) is 9.01. The van der Waals surface area contributed by atoms with Crippen LogP contribution in [0.1, 0.15) is 45.1 Å². The molecule has 0 bridgehead atoms. The van der Waals surface area contributed by atoms with E-state index in [-0.39, 0.29) is 11.7 Å². The van der Waals surface area contributed by atoms with Gasteiger partial charge in [-0.15, -0.1) is 0 Å². The third kappa shape index (κ3) is 4.82. The van der Waals surface area contributed by atoms with Crippen molar-refractivity contribution in [3.05, 3.63) is 35.6 Å². The number of rotatable bonds is 9. The summed E-state index contributed by atoms with van der Waals surface area (Å²) in [5.41, 5.74) is 9.57. The minimum atomic E-state index is -1.24. The number of amides is 3. The second-order valence-corrected chi connectivity index (χ2v) is 7.52. The van der Waals surface area contributed by atoms with Crippen molar-refractivity contribution < 1.29 is 18.8 Å². The van der Waals surface area contributed by atoms with Gasteiger partial charge in [-0.25, -0.2) is 4.39 Å². The minimum absolute atomic E-state index is 0.289. The first-order valence-corrected chi connectivity index (χ1v) is 9.01. The largest absolute Gasteiger partial charge is 0.368 e. The van der Waals surface area contributed by atoms with E-state index in [4.69, 9.17) is 11.5 Å². The smallest absolute Gasteiger partial charge is 0.243 e. The van der Waals surface area contributed by atoms with E-state index in [0.717, 1.165) is 5.56 Å². The molecule has 1 aliphatic carbocycles. The molecule has 0 aromatic heterocycles. The molecule has 27 heavy (non-hydrogen) atoms. The predicted octanol–water partition coefficient (Wildman–Crippen LogP) is 0.461. The topological polar surface area (TPSA) is 127 Å². The van der Waals surface area contributed by atoms with Gasteiger partial charge in [0.05, 0.1) is 5.41 Å². The highest BCUT2D eigenvalue weighted by atomic mass is 19.1. The van der Waals surface area contributed by atoms with Crippen LogP contribution in [0, 0.1) is 5.82 Å². The highest BCUT2D eigenvalue weighted by molar-refractivity contribution is 5.97. The molecule has 3 amide bonds. The number of hydrogen-bond acceptors (Lipinski definition) is 4. The van der Waals surface area contributed by atoms with Crippen LogP contribution in [-0.2, 0) is 19.8 Å². The van der Waals surface area contributed by atoms with Crippen LogP contribution in [0.2, 0.25) is 0 Å². The maximum absolute atomic E-state index is 13.2. The van der Waals surface area contributed by atoms with Crippen molar-refractivity contribution >= 4 is 17.7 Å². The lowest BCUT2D eigenvalue weighted by atomic mass is 9.94. The van der Waals surface area contributed by atoms with Gasteiger partial charge in [-0.05, 0) is 63.8 Å². The van der Waals surface area contributed by atoms with Crippen molar-refractivity contribution in [1.29, 1.82) is 0 Å². The molecule has 7 nitrogen and oxygen atoms in total. The molecule has 1 aromatic carbocycles. The van der Waals surface area contributed by atoms with Crippen LogP contribution in [0.15, 0.2) is 24.3 Å². The fourth-order valence-electron chi connectivity index (χ4n) is 2.88. The molecule has 148 valence electrons. The normalized spacial score (nSPS) is 16.3. The SMILES string of the molecule is CC(C)(NC(=O)[C@@H](CCCN)NC(=O)C1(c2ccc(F)cc2)CC1)C(N)=O. The van der Waals surface area contributed by atoms with Crippen LogP contribution in [0.5, 0.6) is 0 Å². The molecule has 0 heterocycles. The monoisotopic (exact) mass is 378 g/mol. The Kier molecular flexibility index (Phi) is 6.20. The van der Waals surface area contributed by atoms with Crippen molar-refractivity contribution in [2.45, 2.75) is 56.5 Å². The molecule has 1 fully saturated rings. The number of nitrogens with one attached hydrogen (secondary N) is 2. The van der Waals surface area contributed by atoms with Gasteiger partial charge >= 0.3 is 0 Å². The molecule has 0 spiro atoms. The summed E-state index contributed by atoms with van der Waals surface area (Å²) >= 11 is 0. The fourth-order valence-corrected chi connectivity index (χ4v) is 2.88. The summed E-state index contributed by atoms with van der Waals surface area (Å²) in [5, 5.41) is 5.35.